The first kappa shape index (κ1) is 16.8. The zero-order chi connectivity index (χ0) is 18.3. The number of hydrogen-bond acceptors (Lipinski definition) is 8. The Hall–Kier alpha value is -3.68. The number of benzene rings is 2. The minimum Gasteiger partial charge on any atom is -0.408 e. The number of nitrogens with one attached hydrogen (secondary N) is 2. The summed E-state index contributed by atoms with van der Waals surface area (Å²) < 4.78 is 11.1. The molecule has 2 aromatic heterocycles. The van der Waals surface area contributed by atoms with Gasteiger partial charge in [0.1, 0.15) is 6.42 Å². The van der Waals surface area contributed by atoms with Gasteiger partial charge in [0.05, 0.1) is 0 Å². The predicted molar refractivity (Wildman–Crippen MR) is 98.9 cm³/mol. The third-order valence-corrected chi connectivity index (χ3v) is 3.81. The molecule has 0 bridgehead atoms. The van der Waals surface area contributed by atoms with Crippen molar-refractivity contribution in [3.05, 3.63) is 83.6 Å². The number of nitrogens with zero attached hydrogens (tertiary/aromatic N) is 4. The molecule has 8 nitrogen and oxygen atoms in total. The van der Waals surface area contributed by atoms with Gasteiger partial charge in [0.15, 0.2) is 0 Å². The van der Waals surface area contributed by atoms with Crippen LogP contribution in [0.4, 0.5) is 12.0 Å². The molecular weight excluding hydrogens is 344 g/mol. The molecule has 0 unspecified atom stereocenters. The van der Waals surface area contributed by atoms with E-state index >= 15 is 0 Å². The molecular formula is C19H18N6O2. The van der Waals surface area contributed by atoms with Gasteiger partial charge in [-0.1, -0.05) is 70.9 Å². The average Bonchev–Trinajstić information content (AvgIpc) is 3.36. The van der Waals surface area contributed by atoms with Crippen molar-refractivity contribution in [2.45, 2.75) is 19.5 Å². The Kier molecular flexibility index (Phi) is 5.05. The van der Waals surface area contributed by atoms with Gasteiger partial charge in [0, 0.05) is 13.1 Å². The van der Waals surface area contributed by atoms with Crippen molar-refractivity contribution in [3.8, 4) is 0 Å². The monoisotopic (exact) mass is 362 g/mol. The molecule has 0 radical (unpaired) electrons. The molecule has 2 heterocycles. The minimum atomic E-state index is 0.278. The lowest BCUT2D eigenvalue weighted by molar-refractivity contribution is 0.466. The van der Waals surface area contributed by atoms with Crippen LogP contribution >= 0.6 is 0 Å². The summed E-state index contributed by atoms with van der Waals surface area (Å²) in [5.41, 5.74) is 2.26. The van der Waals surface area contributed by atoms with Crippen LogP contribution in [0.25, 0.3) is 0 Å². The third-order valence-electron chi connectivity index (χ3n) is 3.81. The van der Waals surface area contributed by atoms with Crippen molar-refractivity contribution in [2.24, 2.45) is 0 Å². The molecule has 2 N–H and O–H groups in total. The van der Waals surface area contributed by atoms with E-state index in [2.05, 4.69) is 31.0 Å². The Morgan fingerprint density at radius 2 is 1.04 bits per heavy atom. The van der Waals surface area contributed by atoms with Gasteiger partial charge >= 0.3 is 12.0 Å². The lowest BCUT2D eigenvalue weighted by Gasteiger charge is -2.00. The van der Waals surface area contributed by atoms with Crippen molar-refractivity contribution in [3.63, 3.8) is 0 Å². The van der Waals surface area contributed by atoms with Gasteiger partial charge in [0.25, 0.3) is 0 Å². The fraction of sp³-hybridized carbons (Fsp3) is 0.158. The molecule has 8 heteroatoms. The van der Waals surface area contributed by atoms with Gasteiger partial charge in [-0.2, -0.15) is 0 Å². The van der Waals surface area contributed by atoms with E-state index in [1.54, 1.807) is 0 Å². The highest BCUT2D eigenvalue weighted by atomic mass is 16.4. The molecule has 0 fully saturated rings. The summed E-state index contributed by atoms with van der Waals surface area (Å²) in [5, 5.41) is 22.1. The summed E-state index contributed by atoms with van der Waals surface area (Å²) in [6, 6.07) is 20.7. The van der Waals surface area contributed by atoms with E-state index < -0.39 is 0 Å². The van der Waals surface area contributed by atoms with Crippen molar-refractivity contribution >= 4 is 12.0 Å². The highest BCUT2D eigenvalue weighted by Crippen LogP contribution is 2.14. The van der Waals surface area contributed by atoms with Crippen molar-refractivity contribution in [2.75, 3.05) is 10.6 Å². The van der Waals surface area contributed by atoms with Crippen molar-refractivity contribution in [1.29, 1.82) is 0 Å². The lowest BCUT2D eigenvalue weighted by atomic mass is 10.2. The molecule has 0 atom stereocenters. The summed E-state index contributed by atoms with van der Waals surface area (Å²) in [6.45, 7) is 1.22. The first-order chi connectivity index (χ1) is 13.3. The van der Waals surface area contributed by atoms with E-state index in [4.69, 9.17) is 8.83 Å². The number of hydrogen-bond donors (Lipinski definition) is 2. The Morgan fingerprint density at radius 1 is 0.593 bits per heavy atom. The first-order valence-electron chi connectivity index (χ1n) is 8.55. The lowest BCUT2D eigenvalue weighted by Crippen LogP contribution is -1.99. The maximum Gasteiger partial charge on any atom is 0.315 e. The molecule has 136 valence electrons. The topological polar surface area (TPSA) is 102 Å². The van der Waals surface area contributed by atoms with E-state index in [1.807, 2.05) is 60.7 Å². The van der Waals surface area contributed by atoms with E-state index in [9.17, 15) is 0 Å². The Bertz CT molecular complexity index is 888. The van der Waals surface area contributed by atoms with Crippen LogP contribution in [0.1, 0.15) is 22.9 Å². The maximum absolute atomic E-state index is 5.57. The Balaban J connectivity index is 1.29. The summed E-state index contributed by atoms with van der Waals surface area (Å²) in [6.07, 6.45) is 0.278. The summed E-state index contributed by atoms with van der Waals surface area (Å²) >= 11 is 0. The van der Waals surface area contributed by atoms with Crippen LogP contribution in [-0.4, -0.2) is 20.4 Å². The highest BCUT2D eigenvalue weighted by Gasteiger charge is 2.12. The summed E-state index contributed by atoms with van der Waals surface area (Å²) in [5.74, 6) is 0.813. The first-order valence-corrected chi connectivity index (χ1v) is 8.55. The van der Waals surface area contributed by atoms with Crippen LogP contribution in [0, 0.1) is 0 Å². The molecule has 0 aliphatic heterocycles. The predicted octanol–water partition coefficient (Wildman–Crippen LogP) is 3.27. The second kappa shape index (κ2) is 8.13. The number of rotatable bonds is 8. The summed E-state index contributed by atoms with van der Waals surface area (Å²) in [7, 11) is 0. The van der Waals surface area contributed by atoms with Gasteiger partial charge in [-0.05, 0) is 11.1 Å². The summed E-state index contributed by atoms with van der Waals surface area (Å²) in [4.78, 5) is 0. The molecule has 0 amide bonds. The molecule has 4 aromatic rings. The van der Waals surface area contributed by atoms with Crippen LogP contribution in [0.15, 0.2) is 69.5 Å². The Labute approximate surface area is 155 Å². The van der Waals surface area contributed by atoms with Crippen LogP contribution in [0.3, 0.4) is 0 Å². The van der Waals surface area contributed by atoms with Crippen LogP contribution in [0.5, 0.6) is 0 Å². The average molecular weight is 362 g/mol. The number of anilines is 2. The van der Waals surface area contributed by atoms with E-state index in [0.717, 1.165) is 11.1 Å². The molecule has 0 aliphatic carbocycles. The van der Waals surface area contributed by atoms with Crippen LogP contribution in [-0.2, 0) is 19.5 Å². The highest BCUT2D eigenvalue weighted by molar-refractivity contribution is 5.25. The molecule has 4 rings (SSSR count). The molecule has 0 saturated heterocycles. The van der Waals surface area contributed by atoms with Crippen LogP contribution in [0.2, 0.25) is 0 Å². The van der Waals surface area contributed by atoms with Crippen molar-refractivity contribution < 1.29 is 8.83 Å². The second-order valence-corrected chi connectivity index (χ2v) is 5.86. The van der Waals surface area contributed by atoms with E-state index in [-0.39, 0.29) is 6.42 Å². The maximum atomic E-state index is 5.57. The third kappa shape index (κ3) is 4.69. The molecule has 0 aliphatic rings. The standard InChI is InChI=1S/C19H18N6O2/c1-3-7-14(8-4-1)12-20-18-24-22-16(26-18)11-17-23-25-19(27-17)21-13-15-9-5-2-6-10-15/h1-10H,11-13H2,(H,20,24)(H,21,25). The molecule has 0 saturated carbocycles. The SMILES string of the molecule is c1ccc(CNc2nnc(Cc3nnc(NCc4ccccc4)o3)o2)cc1. The molecule has 27 heavy (non-hydrogen) atoms. The minimum absolute atomic E-state index is 0.278. The van der Waals surface area contributed by atoms with Crippen molar-refractivity contribution in [1.82, 2.24) is 20.4 Å². The van der Waals surface area contributed by atoms with Gasteiger partial charge in [-0.25, -0.2) is 0 Å². The van der Waals surface area contributed by atoms with E-state index in [1.165, 1.54) is 0 Å². The quantitative estimate of drug-likeness (QED) is 0.492. The van der Waals surface area contributed by atoms with E-state index in [0.29, 0.717) is 36.9 Å². The molecule has 2 aromatic carbocycles. The number of aromatic nitrogens is 4. The van der Waals surface area contributed by atoms with Gasteiger partial charge in [-0.3, -0.25) is 0 Å². The van der Waals surface area contributed by atoms with Crippen LogP contribution < -0.4 is 10.6 Å². The van der Waals surface area contributed by atoms with Gasteiger partial charge in [0.2, 0.25) is 11.8 Å². The largest absolute Gasteiger partial charge is 0.408 e. The zero-order valence-corrected chi connectivity index (χ0v) is 14.5. The zero-order valence-electron chi connectivity index (χ0n) is 14.5. The normalized spacial score (nSPS) is 10.7. The fourth-order valence-corrected chi connectivity index (χ4v) is 2.47. The van der Waals surface area contributed by atoms with Gasteiger partial charge in [-0.15, -0.1) is 10.2 Å². The van der Waals surface area contributed by atoms with Gasteiger partial charge < -0.3 is 19.5 Å². The smallest absolute Gasteiger partial charge is 0.315 e. The fourth-order valence-electron chi connectivity index (χ4n) is 2.47. The second-order valence-electron chi connectivity index (χ2n) is 5.86. The Morgan fingerprint density at radius 3 is 1.48 bits per heavy atom. The molecule has 0 spiro atoms.